The summed E-state index contributed by atoms with van der Waals surface area (Å²) in [6.07, 6.45) is 127. The van der Waals surface area contributed by atoms with E-state index in [4.69, 9.17) is 32.3 Å². The molecular formula is C105H178O16P2. The summed E-state index contributed by atoms with van der Waals surface area (Å²) < 4.78 is 61.5. The summed E-state index contributed by atoms with van der Waals surface area (Å²) >= 11 is 0. The number of ether oxygens (including phenoxy) is 3. The number of esters is 3. The van der Waals surface area contributed by atoms with Crippen molar-refractivity contribution in [1.82, 2.24) is 0 Å². The third-order valence-corrected chi connectivity index (χ3v) is 22.5. The molecule has 0 heterocycles. The molecular weight excluding hydrogens is 1580 g/mol. The highest BCUT2D eigenvalue weighted by atomic mass is 31.2. The Labute approximate surface area is 751 Å². The summed E-state index contributed by atoms with van der Waals surface area (Å²) in [5, 5.41) is 20.8. The molecule has 0 radical (unpaired) electrons. The Hall–Kier alpha value is -5.35. The molecule has 0 amide bonds. The van der Waals surface area contributed by atoms with Gasteiger partial charge in [0.1, 0.15) is 25.4 Å². The van der Waals surface area contributed by atoms with Crippen molar-refractivity contribution in [3.8, 4) is 0 Å². The zero-order valence-electron chi connectivity index (χ0n) is 77.8. The molecule has 0 rings (SSSR count). The first-order valence-electron chi connectivity index (χ1n) is 49.1. The topological polar surface area (TPSA) is 231 Å². The summed E-state index contributed by atoms with van der Waals surface area (Å²) in [4.78, 5) is 59.0. The molecule has 0 spiro atoms. The van der Waals surface area contributed by atoms with Gasteiger partial charge >= 0.3 is 33.6 Å². The molecule has 5 atom stereocenters. The molecule has 0 aromatic carbocycles. The maximum atomic E-state index is 13.0. The smallest absolute Gasteiger partial charge is 0.463 e. The lowest BCUT2D eigenvalue weighted by Gasteiger charge is -2.21. The van der Waals surface area contributed by atoms with E-state index >= 15 is 0 Å². The summed E-state index contributed by atoms with van der Waals surface area (Å²) in [5.41, 5.74) is 0. The van der Waals surface area contributed by atoms with E-state index in [1.54, 1.807) is 0 Å². The van der Waals surface area contributed by atoms with E-state index in [1.165, 1.54) is 186 Å². The summed E-state index contributed by atoms with van der Waals surface area (Å²) in [5.74, 6) is -1.59. The van der Waals surface area contributed by atoms with Crippen molar-refractivity contribution in [2.45, 2.75) is 424 Å². The number of rotatable bonds is 92. The summed E-state index contributed by atoms with van der Waals surface area (Å²) in [6.45, 7) is 2.36. The predicted octanol–water partition coefficient (Wildman–Crippen LogP) is 30.8. The van der Waals surface area contributed by atoms with Crippen molar-refractivity contribution >= 4 is 33.6 Å². The molecule has 0 aliphatic rings. The minimum atomic E-state index is -4.95. The maximum Gasteiger partial charge on any atom is 0.472 e. The van der Waals surface area contributed by atoms with Gasteiger partial charge in [0, 0.05) is 19.3 Å². The SMILES string of the molecule is CC/C=C\C/C=C\C/C=C\C/C=C\C/C=C\C/C=C\CCCCCCCCCCCCCCCCCCC(=O)OCC(O)COP(=O)(O)OCC(O)COP(=O)(O)OCC(COC(=O)CCCCCCCCCCCCCCCCCCCCC/C=C\C/C=C\C/C=C\C/C=C\C/C=C\CC)OC(=O)CCCCCC/C=C\C/C=C\C/C=C\C/C=C\CC. The minimum absolute atomic E-state index is 0.0746. The van der Waals surface area contributed by atoms with Crippen molar-refractivity contribution in [2.24, 2.45) is 0 Å². The second-order valence-electron chi connectivity index (χ2n) is 32.4. The second kappa shape index (κ2) is 95.7. The van der Waals surface area contributed by atoms with Gasteiger partial charge in [-0.05, 0) is 154 Å². The molecule has 0 aromatic heterocycles. The lowest BCUT2D eigenvalue weighted by molar-refractivity contribution is -0.161. The van der Waals surface area contributed by atoms with Crippen LogP contribution in [-0.2, 0) is 55.8 Å². The fourth-order valence-electron chi connectivity index (χ4n) is 13.3. The molecule has 16 nitrogen and oxygen atoms in total. The molecule has 0 fully saturated rings. The van der Waals surface area contributed by atoms with Crippen LogP contribution in [0.4, 0.5) is 0 Å². The number of aliphatic hydroxyl groups is 2. The van der Waals surface area contributed by atoms with E-state index in [9.17, 15) is 43.5 Å². The van der Waals surface area contributed by atoms with Crippen LogP contribution in [0.3, 0.4) is 0 Å². The number of hydrogen-bond acceptors (Lipinski definition) is 14. The highest BCUT2D eigenvalue weighted by Crippen LogP contribution is 2.45. The molecule has 0 aromatic rings. The van der Waals surface area contributed by atoms with Crippen molar-refractivity contribution in [2.75, 3.05) is 39.6 Å². The number of phosphoric ester groups is 2. The summed E-state index contributed by atoms with van der Waals surface area (Å²) in [7, 11) is -9.82. The maximum absolute atomic E-state index is 13.0. The Balaban J connectivity index is 4.46. The van der Waals surface area contributed by atoms with E-state index in [2.05, 4.69) is 203 Å². The van der Waals surface area contributed by atoms with E-state index in [-0.39, 0.29) is 19.3 Å². The summed E-state index contributed by atoms with van der Waals surface area (Å²) in [6, 6.07) is 0. The third-order valence-electron chi connectivity index (χ3n) is 20.6. The zero-order chi connectivity index (χ0) is 89.3. The molecule has 0 saturated carbocycles. The predicted molar refractivity (Wildman–Crippen MR) is 518 cm³/mol. The van der Waals surface area contributed by atoms with Crippen molar-refractivity contribution in [1.29, 1.82) is 0 Å². The molecule has 0 bridgehead atoms. The van der Waals surface area contributed by atoms with E-state index in [0.717, 1.165) is 161 Å². The number of aliphatic hydroxyl groups excluding tert-OH is 2. The van der Waals surface area contributed by atoms with Gasteiger partial charge in [-0.25, -0.2) is 9.13 Å². The number of unbranched alkanes of at least 4 members (excludes halogenated alkanes) is 39. The minimum Gasteiger partial charge on any atom is -0.463 e. The molecule has 0 aliphatic carbocycles. The first kappa shape index (κ1) is 118. The molecule has 0 saturated heterocycles. The van der Waals surface area contributed by atoms with Gasteiger partial charge in [-0.15, -0.1) is 0 Å². The molecule has 0 aliphatic heterocycles. The highest BCUT2D eigenvalue weighted by Gasteiger charge is 2.30. The van der Waals surface area contributed by atoms with Gasteiger partial charge in [0.25, 0.3) is 0 Å². The number of hydrogen-bond donors (Lipinski definition) is 4. The van der Waals surface area contributed by atoms with E-state index < -0.39 is 91.5 Å². The van der Waals surface area contributed by atoms with Gasteiger partial charge < -0.3 is 34.2 Å². The van der Waals surface area contributed by atoms with Crippen LogP contribution in [0.1, 0.15) is 406 Å². The lowest BCUT2D eigenvalue weighted by Crippen LogP contribution is -2.30. The zero-order valence-corrected chi connectivity index (χ0v) is 79.6. The van der Waals surface area contributed by atoms with Crippen LogP contribution in [0.15, 0.2) is 182 Å². The Kier molecular flexibility index (Phi) is 91.6. The molecule has 18 heteroatoms. The number of carbonyl (C=O) groups is 3. The Bertz CT molecular complexity index is 2970. The Morgan fingerprint density at radius 3 is 0.642 bits per heavy atom. The van der Waals surface area contributed by atoms with Gasteiger partial charge in [0.15, 0.2) is 6.10 Å². The molecule has 704 valence electrons. The Morgan fingerprint density at radius 1 is 0.228 bits per heavy atom. The average Bonchev–Trinajstić information content (AvgIpc) is 0.897. The Morgan fingerprint density at radius 2 is 0.407 bits per heavy atom. The number of carbonyl (C=O) groups excluding carboxylic acids is 3. The lowest BCUT2D eigenvalue weighted by atomic mass is 10.0. The third kappa shape index (κ3) is 97.1. The van der Waals surface area contributed by atoms with Gasteiger partial charge in [-0.2, -0.15) is 0 Å². The quantitative estimate of drug-likeness (QED) is 0.0146. The normalized spacial score (nSPS) is 14.5. The number of allylic oxidation sites excluding steroid dienone is 30. The van der Waals surface area contributed by atoms with Crippen LogP contribution in [0.2, 0.25) is 0 Å². The van der Waals surface area contributed by atoms with Gasteiger partial charge in [0.2, 0.25) is 0 Å². The first-order valence-corrected chi connectivity index (χ1v) is 52.1. The fourth-order valence-corrected chi connectivity index (χ4v) is 14.9. The second-order valence-corrected chi connectivity index (χ2v) is 35.3. The van der Waals surface area contributed by atoms with Gasteiger partial charge in [-0.3, -0.25) is 32.5 Å². The van der Waals surface area contributed by atoms with Crippen molar-refractivity contribution < 1.29 is 75.8 Å². The first-order chi connectivity index (χ1) is 60.2. The monoisotopic (exact) mass is 1760 g/mol. The highest BCUT2D eigenvalue weighted by molar-refractivity contribution is 7.47. The van der Waals surface area contributed by atoms with Gasteiger partial charge in [0.05, 0.1) is 26.4 Å². The molecule has 4 N–H and O–H groups in total. The van der Waals surface area contributed by atoms with Crippen LogP contribution in [-0.4, -0.2) is 95.9 Å². The fraction of sp³-hybridized carbons (Fsp3) is 0.686. The van der Waals surface area contributed by atoms with Crippen LogP contribution < -0.4 is 0 Å². The van der Waals surface area contributed by atoms with E-state index in [1.807, 2.05) is 0 Å². The van der Waals surface area contributed by atoms with Crippen LogP contribution >= 0.6 is 15.6 Å². The van der Waals surface area contributed by atoms with Crippen LogP contribution in [0.5, 0.6) is 0 Å². The molecule has 123 heavy (non-hydrogen) atoms. The van der Waals surface area contributed by atoms with Crippen molar-refractivity contribution in [3.05, 3.63) is 182 Å². The van der Waals surface area contributed by atoms with Crippen LogP contribution in [0, 0.1) is 0 Å². The standard InChI is InChI=1S/C105H178O16P2/c1-4-7-10-13-16-19-22-25-28-31-33-35-37-39-41-43-45-47-49-51-53-55-57-59-61-63-65-68-70-73-76-79-82-85-88-91-103(108)115-94-100(106)95-117-122(111,112)118-96-101(107)97-119-123(113,114)120-99-102(121-105(110)93-90-87-84-81-78-75-72-67-30-27-24-21-18-15-12-9-6-3)98-116-104(109)92-89-86-83-80-77-74-71-69-66-64-62-60-58-56-54-52-50-48-46-44-42-40-38-36-34-32-29-26-23-20-17-14-11-8-5-2/h7-12,16-21,25-30,33-36,39-42,45,47,72,75,100-102,106-107H,4-6,13-15,22-24,31-32,37-38,43-44,46,48-71,73-74,76-99H2,1-3H3,(H,111,112)(H,113,114)/b10-7-,11-8-,12-9-,19-16-,20-17-,21-18-,28-25-,29-26-,30-27-,35-33-,36-34-,41-39-,42-40-,47-45-,75-72-. The number of phosphoric acid groups is 2. The van der Waals surface area contributed by atoms with Gasteiger partial charge in [-0.1, -0.05) is 415 Å². The van der Waals surface area contributed by atoms with E-state index in [0.29, 0.717) is 19.3 Å². The average molecular weight is 1760 g/mol. The van der Waals surface area contributed by atoms with Crippen LogP contribution in [0.25, 0.3) is 0 Å². The largest absolute Gasteiger partial charge is 0.472 e. The molecule has 5 unspecified atom stereocenters. The van der Waals surface area contributed by atoms with Crippen molar-refractivity contribution in [3.63, 3.8) is 0 Å².